The van der Waals surface area contributed by atoms with Gasteiger partial charge in [0.1, 0.15) is 12.6 Å². The van der Waals surface area contributed by atoms with E-state index in [0.717, 1.165) is 43.2 Å². The molecule has 0 radical (unpaired) electrons. The van der Waals surface area contributed by atoms with Crippen LogP contribution >= 0.6 is 11.6 Å². The van der Waals surface area contributed by atoms with Crippen LogP contribution in [-0.4, -0.2) is 43.8 Å². The zero-order valence-corrected chi connectivity index (χ0v) is 25.2. The lowest BCUT2D eigenvalue weighted by Gasteiger charge is -2.33. The van der Waals surface area contributed by atoms with Crippen molar-refractivity contribution in [2.24, 2.45) is 0 Å². The minimum atomic E-state index is -4.09. The quantitative estimate of drug-likeness (QED) is 0.296. The van der Waals surface area contributed by atoms with Crippen molar-refractivity contribution < 1.29 is 18.0 Å². The zero-order chi connectivity index (χ0) is 29.4. The normalized spacial score (nSPS) is 14.7. The van der Waals surface area contributed by atoms with E-state index in [4.69, 9.17) is 11.6 Å². The molecule has 1 fully saturated rings. The second kappa shape index (κ2) is 14.0. The lowest BCUT2D eigenvalue weighted by atomic mass is 9.95. The highest BCUT2D eigenvalue weighted by Crippen LogP contribution is 2.28. The van der Waals surface area contributed by atoms with Crippen LogP contribution in [0.4, 0.5) is 5.69 Å². The molecule has 2 amide bonds. The standard InChI is InChI=1S/C32H38ClN3O4S/c1-3-26-12-10-11-17-30(26)36(41(39,40)29-15-8-5-9-16-29)23-31(37)35(22-25-18-20-27(33)21-19-25)24(2)32(38)34-28-13-6-4-7-14-28/h5,8-12,15-21,24,28H,3-4,6-7,13-14,22-23H2,1-2H3,(H,34,38)/t24-/m1/s1. The molecule has 0 aromatic heterocycles. The van der Waals surface area contributed by atoms with Gasteiger partial charge in [-0.15, -0.1) is 0 Å². The highest BCUT2D eigenvalue weighted by atomic mass is 35.5. The van der Waals surface area contributed by atoms with E-state index in [9.17, 15) is 18.0 Å². The van der Waals surface area contributed by atoms with Crippen LogP contribution in [0.2, 0.25) is 5.02 Å². The number of aryl methyl sites for hydroxylation is 1. The molecule has 0 spiro atoms. The summed E-state index contributed by atoms with van der Waals surface area (Å²) in [5.41, 5.74) is 2.02. The maximum atomic E-state index is 14.1. The van der Waals surface area contributed by atoms with Gasteiger partial charge < -0.3 is 10.2 Å². The highest BCUT2D eigenvalue weighted by Gasteiger charge is 2.33. The summed E-state index contributed by atoms with van der Waals surface area (Å²) in [4.78, 5) is 29.1. The third-order valence-electron chi connectivity index (χ3n) is 7.64. The number of amides is 2. The van der Waals surface area contributed by atoms with E-state index in [0.29, 0.717) is 17.1 Å². The van der Waals surface area contributed by atoms with Gasteiger partial charge in [0, 0.05) is 17.6 Å². The summed E-state index contributed by atoms with van der Waals surface area (Å²) >= 11 is 6.09. The summed E-state index contributed by atoms with van der Waals surface area (Å²) in [6.07, 6.45) is 5.71. The number of hydrogen-bond donors (Lipinski definition) is 1. The van der Waals surface area contributed by atoms with E-state index in [1.165, 1.54) is 21.3 Å². The number of carbonyl (C=O) groups is 2. The molecule has 9 heteroatoms. The molecule has 1 atom stereocenters. The summed E-state index contributed by atoms with van der Waals surface area (Å²) in [7, 11) is -4.09. The summed E-state index contributed by atoms with van der Waals surface area (Å²) in [5.74, 6) is -0.720. The van der Waals surface area contributed by atoms with Crippen molar-refractivity contribution in [3.8, 4) is 0 Å². The fraction of sp³-hybridized carbons (Fsp3) is 0.375. The third kappa shape index (κ3) is 7.68. The van der Waals surface area contributed by atoms with Crippen molar-refractivity contribution in [2.45, 2.75) is 75.9 Å². The molecular formula is C32H38ClN3O4S. The van der Waals surface area contributed by atoms with Crippen molar-refractivity contribution in [3.05, 3.63) is 95.0 Å². The van der Waals surface area contributed by atoms with Crippen LogP contribution in [0.25, 0.3) is 0 Å². The van der Waals surface area contributed by atoms with E-state index in [1.807, 2.05) is 19.1 Å². The number of hydrogen-bond acceptors (Lipinski definition) is 4. The first-order valence-electron chi connectivity index (χ1n) is 14.2. The molecule has 4 rings (SSSR count). The Bertz CT molecular complexity index is 1420. The molecule has 0 bridgehead atoms. The number of benzene rings is 3. The summed E-state index contributed by atoms with van der Waals surface area (Å²) in [5, 5.41) is 3.68. The minimum Gasteiger partial charge on any atom is -0.352 e. The number of halogens is 1. The van der Waals surface area contributed by atoms with Crippen LogP contribution in [0.15, 0.2) is 83.8 Å². The average molecular weight is 596 g/mol. The van der Waals surface area contributed by atoms with E-state index in [2.05, 4.69) is 5.32 Å². The molecule has 1 saturated carbocycles. The molecule has 218 valence electrons. The van der Waals surface area contributed by atoms with Crippen LogP contribution in [0.1, 0.15) is 57.1 Å². The molecule has 1 N–H and O–H groups in total. The van der Waals surface area contributed by atoms with Gasteiger partial charge >= 0.3 is 0 Å². The lowest BCUT2D eigenvalue weighted by Crippen LogP contribution is -2.53. The van der Waals surface area contributed by atoms with Gasteiger partial charge in [0.05, 0.1) is 10.6 Å². The van der Waals surface area contributed by atoms with Crippen molar-refractivity contribution in [1.82, 2.24) is 10.2 Å². The monoisotopic (exact) mass is 595 g/mol. The fourth-order valence-corrected chi connectivity index (χ4v) is 6.82. The maximum absolute atomic E-state index is 14.1. The first kappa shape index (κ1) is 30.6. The first-order chi connectivity index (χ1) is 19.7. The highest BCUT2D eigenvalue weighted by molar-refractivity contribution is 7.92. The van der Waals surface area contributed by atoms with Gasteiger partial charge in [0.2, 0.25) is 11.8 Å². The van der Waals surface area contributed by atoms with Gasteiger partial charge in [-0.1, -0.05) is 86.3 Å². The summed E-state index contributed by atoms with van der Waals surface area (Å²) in [6.45, 7) is 3.31. The van der Waals surface area contributed by atoms with Gasteiger partial charge in [0.25, 0.3) is 10.0 Å². The van der Waals surface area contributed by atoms with E-state index in [-0.39, 0.29) is 23.4 Å². The van der Waals surface area contributed by atoms with Gasteiger partial charge in [-0.3, -0.25) is 13.9 Å². The molecule has 1 aliphatic carbocycles. The molecule has 0 aliphatic heterocycles. The number of para-hydroxylation sites is 1. The number of rotatable bonds is 11. The van der Waals surface area contributed by atoms with Gasteiger partial charge in [-0.05, 0) is 67.6 Å². The average Bonchev–Trinajstić information content (AvgIpc) is 3.00. The molecular weight excluding hydrogens is 558 g/mol. The Labute approximate surface area is 248 Å². The Balaban J connectivity index is 1.69. The Morgan fingerprint density at radius 2 is 1.56 bits per heavy atom. The van der Waals surface area contributed by atoms with Gasteiger partial charge in [-0.2, -0.15) is 0 Å². The van der Waals surface area contributed by atoms with Crippen molar-refractivity contribution in [3.63, 3.8) is 0 Å². The molecule has 3 aromatic rings. The van der Waals surface area contributed by atoms with E-state index >= 15 is 0 Å². The third-order valence-corrected chi connectivity index (χ3v) is 9.66. The van der Waals surface area contributed by atoms with Crippen LogP contribution in [0.3, 0.4) is 0 Å². The zero-order valence-electron chi connectivity index (χ0n) is 23.6. The number of anilines is 1. The van der Waals surface area contributed by atoms with Crippen LogP contribution < -0.4 is 9.62 Å². The lowest BCUT2D eigenvalue weighted by molar-refractivity contribution is -0.139. The minimum absolute atomic E-state index is 0.0811. The Kier molecular flexibility index (Phi) is 10.5. The van der Waals surface area contributed by atoms with Crippen molar-refractivity contribution in [2.75, 3.05) is 10.8 Å². The Morgan fingerprint density at radius 1 is 0.927 bits per heavy atom. The second-order valence-corrected chi connectivity index (χ2v) is 12.8. The smallest absolute Gasteiger partial charge is 0.264 e. The summed E-state index contributed by atoms with van der Waals surface area (Å²) < 4.78 is 29.1. The topological polar surface area (TPSA) is 86.8 Å². The van der Waals surface area contributed by atoms with E-state index in [1.54, 1.807) is 61.5 Å². The van der Waals surface area contributed by atoms with Gasteiger partial charge in [0.15, 0.2) is 0 Å². The molecule has 0 unspecified atom stereocenters. The Morgan fingerprint density at radius 3 is 2.22 bits per heavy atom. The molecule has 7 nitrogen and oxygen atoms in total. The Hall–Kier alpha value is -3.36. The predicted molar refractivity (Wildman–Crippen MR) is 163 cm³/mol. The van der Waals surface area contributed by atoms with Gasteiger partial charge in [-0.25, -0.2) is 8.42 Å². The summed E-state index contributed by atoms with van der Waals surface area (Å²) in [6, 6.07) is 21.6. The van der Waals surface area contributed by atoms with E-state index < -0.39 is 28.5 Å². The first-order valence-corrected chi connectivity index (χ1v) is 16.0. The molecule has 1 aliphatic rings. The molecule has 41 heavy (non-hydrogen) atoms. The van der Waals surface area contributed by atoms with Crippen molar-refractivity contribution >= 4 is 39.1 Å². The largest absolute Gasteiger partial charge is 0.352 e. The maximum Gasteiger partial charge on any atom is 0.264 e. The fourth-order valence-electron chi connectivity index (χ4n) is 5.22. The van der Waals surface area contributed by atoms with Crippen molar-refractivity contribution in [1.29, 1.82) is 0 Å². The molecule has 0 heterocycles. The van der Waals surface area contributed by atoms with Crippen LogP contribution in [-0.2, 0) is 32.6 Å². The number of nitrogens with zero attached hydrogens (tertiary/aromatic N) is 2. The number of nitrogens with one attached hydrogen (secondary N) is 1. The second-order valence-electron chi connectivity index (χ2n) is 10.5. The number of carbonyl (C=O) groups excluding carboxylic acids is 2. The van der Waals surface area contributed by atoms with Crippen LogP contribution in [0, 0.1) is 0 Å². The molecule has 0 saturated heterocycles. The predicted octanol–water partition coefficient (Wildman–Crippen LogP) is 5.96. The number of sulfonamides is 1. The SMILES string of the molecule is CCc1ccccc1N(CC(=O)N(Cc1ccc(Cl)cc1)[C@H](C)C(=O)NC1CCCCC1)S(=O)(=O)c1ccccc1. The molecule has 3 aromatic carbocycles. The van der Waals surface area contributed by atoms with Crippen LogP contribution in [0.5, 0.6) is 0 Å².